The fraction of sp³-hybridized carbons (Fsp3) is 0.368. The number of hydrogen-bond acceptors (Lipinski definition) is 4. The first-order valence-electron chi connectivity index (χ1n) is 8.34. The molecule has 24 heavy (non-hydrogen) atoms. The summed E-state index contributed by atoms with van der Waals surface area (Å²) in [5.74, 6) is 0.675. The first-order valence-corrected chi connectivity index (χ1v) is 8.34. The maximum absolute atomic E-state index is 10.8. The Bertz CT molecular complexity index is 678. The van der Waals surface area contributed by atoms with Crippen LogP contribution < -0.4 is 4.74 Å². The SMILES string of the molecule is CCN1CCC(Oc2ccc([N+](=O)[O-])cc2)(c2ccccc2)CC1. The van der Waals surface area contributed by atoms with Gasteiger partial charge < -0.3 is 9.64 Å². The largest absolute Gasteiger partial charge is 0.482 e. The third-order valence-corrected chi connectivity index (χ3v) is 4.77. The van der Waals surface area contributed by atoms with E-state index in [4.69, 9.17) is 4.74 Å². The molecule has 5 heteroatoms. The van der Waals surface area contributed by atoms with Crippen LogP contribution >= 0.6 is 0 Å². The monoisotopic (exact) mass is 326 g/mol. The van der Waals surface area contributed by atoms with E-state index in [0.29, 0.717) is 5.75 Å². The molecule has 0 spiro atoms. The van der Waals surface area contributed by atoms with E-state index in [2.05, 4.69) is 24.0 Å². The zero-order valence-electron chi connectivity index (χ0n) is 13.9. The van der Waals surface area contributed by atoms with Crippen molar-refractivity contribution in [2.45, 2.75) is 25.4 Å². The van der Waals surface area contributed by atoms with E-state index in [1.54, 1.807) is 12.1 Å². The molecule has 1 heterocycles. The maximum atomic E-state index is 10.8. The van der Waals surface area contributed by atoms with Crippen molar-refractivity contribution >= 4 is 5.69 Å². The van der Waals surface area contributed by atoms with Crippen LogP contribution in [-0.4, -0.2) is 29.5 Å². The quantitative estimate of drug-likeness (QED) is 0.616. The number of piperidine rings is 1. The highest BCUT2D eigenvalue weighted by molar-refractivity contribution is 5.37. The Kier molecular flexibility index (Phi) is 4.81. The summed E-state index contributed by atoms with van der Waals surface area (Å²) in [6, 6.07) is 16.6. The van der Waals surface area contributed by atoms with E-state index in [9.17, 15) is 10.1 Å². The van der Waals surface area contributed by atoms with E-state index in [1.165, 1.54) is 17.7 Å². The van der Waals surface area contributed by atoms with E-state index in [1.807, 2.05) is 18.2 Å². The molecule has 1 aliphatic rings. The number of nitro benzene ring substituents is 1. The summed E-state index contributed by atoms with van der Waals surface area (Å²) in [6.45, 7) is 5.19. The smallest absolute Gasteiger partial charge is 0.269 e. The Labute approximate surface area is 142 Å². The maximum Gasteiger partial charge on any atom is 0.269 e. The number of nitrogens with zero attached hydrogens (tertiary/aromatic N) is 2. The fourth-order valence-electron chi connectivity index (χ4n) is 3.28. The van der Waals surface area contributed by atoms with Crippen LogP contribution in [0.15, 0.2) is 54.6 Å². The van der Waals surface area contributed by atoms with Crippen LogP contribution in [0.4, 0.5) is 5.69 Å². The lowest BCUT2D eigenvalue weighted by Crippen LogP contribution is -2.45. The molecule has 0 bridgehead atoms. The summed E-state index contributed by atoms with van der Waals surface area (Å²) >= 11 is 0. The number of nitro groups is 1. The average molecular weight is 326 g/mol. The summed E-state index contributed by atoms with van der Waals surface area (Å²) in [4.78, 5) is 12.8. The molecule has 5 nitrogen and oxygen atoms in total. The van der Waals surface area contributed by atoms with E-state index in [-0.39, 0.29) is 11.3 Å². The Hall–Kier alpha value is -2.40. The second-order valence-corrected chi connectivity index (χ2v) is 6.15. The highest BCUT2D eigenvalue weighted by Crippen LogP contribution is 2.38. The molecule has 0 radical (unpaired) electrons. The molecule has 0 aliphatic carbocycles. The molecule has 0 saturated carbocycles. The van der Waals surface area contributed by atoms with Crippen molar-refractivity contribution in [3.05, 3.63) is 70.3 Å². The van der Waals surface area contributed by atoms with E-state index in [0.717, 1.165) is 32.5 Å². The Balaban J connectivity index is 1.87. The predicted octanol–water partition coefficient (Wildman–Crippen LogP) is 3.98. The van der Waals surface area contributed by atoms with Gasteiger partial charge in [0.25, 0.3) is 5.69 Å². The first-order chi connectivity index (χ1) is 11.6. The summed E-state index contributed by atoms with van der Waals surface area (Å²) in [5, 5.41) is 10.8. The third kappa shape index (κ3) is 3.41. The van der Waals surface area contributed by atoms with Crippen LogP contribution in [0, 0.1) is 10.1 Å². The summed E-state index contributed by atoms with van der Waals surface area (Å²) in [6.07, 6.45) is 1.81. The lowest BCUT2D eigenvalue weighted by atomic mass is 9.84. The van der Waals surface area contributed by atoms with Gasteiger partial charge in [0.15, 0.2) is 0 Å². The van der Waals surface area contributed by atoms with Crippen molar-refractivity contribution in [1.82, 2.24) is 4.90 Å². The normalized spacial score (nSPS) is 17.4. The molecule has 0 atom stereocenters. The zero-order valence-corrected chi connectivity index (χ0v) is 13.9. The van der Waals surface area contributed by atoms with Crippen LogP contribution in [0.1, 0.15) is 25.3 Å². The topological polar surface area (TPSA) is 55.6 Å². The molecule has 0 N–H and O–H groups in total. The molecular weight excluding hydrogens is 304 g/mol. The van der Waals surface area contributed by atoms with E-state index < -0.39 is 4.92 Å². The second kappa shape index (κ2) is 7.01. The van der Waals surface area contributed by atoms with Crippen molar-refractivity contribution < 1.29 is 9.66 Å². The highest BCUT2D eigenvalue weighted by Gasteiger charge is 2.38. The Morgan fingerprint density at radius 2 is 1.71 bits per heavy atom. The van der Waals surface area contributed by atoms with Crippen molar-refractivity contribution in [3.63, 3.8) is 0 Å². The van der Waals surface area contributed by atoms with Crippen LogP contribution in [0.5, 0.6) is 5.75 Å². The second-order valence-electron chi connectivity index (χ2n) is 6.15. The van der Waals surface area contributed by atoms with Crippen LogP contribution in [0.3, 0.4) is 0 Å². The average Bonchev–Trinajstić information content (AvgIpc) is 2.63. The van der Waals surface area contributed by atoms with Crippen LogP contribution in [-0.2, 0) is 5.60 Å². The Morgan fingerprint density at radius 3 is 2.25 bits per heavy atom. The summed E-state index contributed by atoms with van der Waals surface area (Å²) in [5.41, 5.74) is 0.874. The van der Waals surface area contributed by atoms with Gasteiger partial charge in [-0.15, -0.1) is 0 Å². The molecule has 1 saturated heterocycles. The third-order valence-electron chi connectivity index (χ3n) is 4.77. The molecule has 0 amide bonds. The first kappa shape index (κ1) is 16.5. The van der Waals surface area contributed by atoms with Gasteiger partial charge in [0.1, 0.15) is 11.4 Å². The van der Waals surface area contributed by atoms with Crippen LogP contribution in [0.25, 0.3) is 0 Å². The minimum Gasteiger partial charge on any atom is -0.482 e. The van der Waals surface area contributed by atoms with Gasteiger partial charge in [0.05, 0.1) is 4.92 Å². The van der Waals surface area contributed by atoms with Crippen molar-refractivity contribution in [2.75, 3.05) is 19.6 Å². The number of benzene rings is 2. The Morgan fingerprint density at radius 1 is 1.08 bits per heavy atom. The van der Waals surface area contributed by atoms with Crippen molar-refractivity contribution in [3.8, 4) is 5.75 Å². The lowest BCUT2D eigenvalue weighted by molar-refractivity contribution is -0.384. The van der Waals surface area contributed by atoms with Gasteiger partial charge in [-0.25, -0.2) is 0 Å². The fourth-order valence-corrected chi connectivity index (χ4v) is 3.28. The molecular formula is C19H22N2O3. The number of hydrogen-bond donors (Lipinski definition) is 0. The van der Waals surface area contributed by atoms with Gasteiger partial charge >= 0.3 is 0 Å². The summed E-state index contributed by atoms with van der Waals surface area (Å²) in [7, 11) is 0. The number of non-ortho nitro benzene ring substituents is 1. The van der Waals surface area contributed by atoms with Gasteiger partial charge in [-0.1, -0.05) is 37.3 Å². The molecule has 126 valence electrons. The zero-order chi connectivity index (χ0) is 17.0. The number of rotatable bonds is 5. The standard InChI is InChI=1S/C19H22N2O3/c1-2-20-14-12-19(13-15-20,16-6-4-3-5-7-16)24-18-10-8-17(9-11-18)21(22)23/h3-11H,2,12-15H2,1H3. The number of ether oxygens (including phenoxy) is 1. The summed E-state index contributed by atoms with van der Waals surface area (Å²) < 4.78 is 6.41. The molecule has 1 aliphatic heterocycles. The van der Waals surface area contributed by atoms with Gasteiger partial charge in [-0.2, -0.15) is 0 Å². The highest BCUT2D eigenvalue weighted by atomic mass is 16.6. The van der Waals surface area contributed by atoms with Crippen LogP contribution in [0.2, 0.25) is 0 Å². The molecule has 0 unspecified atom stereocenters. The molecule has 0 aromatic heterocycles. The minimum absolute atomic E-state index is 0.0805. The van der Waals surface area contributed by atoms with Gasteiger partial charge in [-0.3, -0.25) is 10.1 Å². The van der Waals surface area contributed by atoms with E-state index >= 15 is 0 Å². The van der Waals surface area contributed by atoms with Crippen molar-refractivity contribution in [1.29, 1.82) is 0 Å². The molecule has 1 fully saturated rings. The minimum atomic E-state index is -0.392. The molecule has 3 rings (SSSR count). The van der Waals surface area contributed by atoms with Gasteiger partial charge in [0.2, 0.25) is 0 Å². The van der Waals surface area contributed by atoms with Crippen molar-refractivity contribution in [2.24, 2.45) is 0 Å². The lowest BCUT2D eigenvalue weighted by Gasteiger charge is -2.42. The predicted molar refractivity (Wildman–Crippen MR) is 93.2 cm³/mol. The van der Waals surface area contributed by atoms with Gasteiger partial charge in [-0.05, 0) is 24.2 Å². The molecule has 2 aromatic carbocycles. The number of likely N-dealkylation sites (tertiary alicyclic amines) is 1. The van der Waals surface area contributed by atoms with Gasteiger partial charge in [0, 0.05) is 38.1 Å². The molecule has 2 aromatic rings.